The van der Waals surface area contributed by atoms with Crippen LogP contribution >= 0.6 is 0 Å². The number of quaternary nitrogens is 1. The summed E-state index contributed by atoms with van der Waals surface area (Å²) in [5.41, 5.74) is -0.112. The number of hydrogen-bond donors (Lipinski definition) is 2. The lowest BCUT2D eigenvalue weighted by atomic mass is 9.92. The van der Waals surface area contributed by atoms with Crippen molar-refractivity contribution in [2.75, 3.05) is 19.8 Å². The summed E-state index contributed by atoms with van der Waals surface area (Å²) in [7, 11) is 0. The summed E-state index contributed by atoms with van der Waals surface area (Å²) in [6.45, 7) is 6.58. The molecule has 5 heteroatoms. The van der Waals surface area contributed by atoms with Crippen LogP contribution in [0.2, 0.25) is 0 Å². The van der Waals surface area contributed by atoms with Crippen LogP contribution in [0.25, 0.3) is 0 Å². The molecule has 2 aliphatic heterocycles. The Hall–Kier alpha value is -1.88. The van der Waals surface area contributed by atoms with E-state index in [9.17, 15) is 9.59 Å². The first-order valence-corrected chi connectivity index (χ1v) is 8.04. The van der Waals surface area contributed by atoms with Gasteiger partial charge < -0.3 is 10.2 Å². The van der Waals surface area contributed by atoms with Gasteiger partial charge in [-0.1, -0.05) is 37.3 Å². The smallest absolute Gasteiger partial charge is 0.319 e. The Morgan fingerprint density at radius 2 is 1.86 bits per heavy atom. The molecule has 5 nitrogen and oxygen atoms in total. The molecule has 2 saturated heterocycles. The molecule has 0 spiro atoms. The lowest BCUT2D eigenvalue weighted by Crippen LogP contribution is -3.14. The largest absolute Gasteiger partial charge is 0.329 e. The van der Waals surface area contributed by atoms with E-state index in [-0.39, 0.29) is 11.9 Å². The fraction of sp³-hybridized carbons (Fsp3) is 0.529. The molecular formula is C17H24N3O2+. The molecular weight excluding hydrogens is 278 g/mol. The number of likely N-dealkylation sites (tertiary alicyclic amines) is 1. The summed E-state index contributed by atoms with van der Waals surface area (Å²) >= 11 is 0. The van der Waals surface area contributed by atoms with Gasteiger partial charge >= 0.3 is 6.03 Å². The van der Waals surface area contributed by atoms with Crippen molar-refractivity contribution >= 4 is 11.9 Å². The second-order valence-corrected chi connectivity index (χ2v) is 6.74. The molecule has 2 fully saturated rings. The predicted molar refractivity (Wildman–Crippen MR) is 83.1 cm³/mol. The number of nitrogens with zero attached hydrogens (tertiary/aromatic N) is 1. The van der Waals surface area contributed by atoms with E-state index in [1.54, 1.807) is 6.92 Å². The fourth-order valence-electron chi connectivity index (χ4n) is 3.36. The molecule has 1 aromatic carbocycles. The Labute approximate surface area is 131 Å². The molecule has 0 aromatic heterocycles. The summed E-state index contributed by atoms with van der Waals surface area (Å²) < 4.78 is 0. The Kier molecular flexibility index (Phi) is 3.91. The first kappa shape index (κ1) is 15.0. The van der Waals surface area contributed by atoms with Crippen LogP contribution in [0.3, 0.4) is 0 Å². The lowest BCUT2D eigenvalue weighted by Gasteiger charge is -2.29. The summed E-state index contributed by atoms with van der Waals surface area (Å²) in [6, 6.07) is 9.18. The van der Waals surface area contributed by atoms with E-state index in [1.165, 1.54) is 9.80 Å². The van der Waals surface area contributed by atoms with Crippen molar-refractivity contribution in [3.8, 4) is 0 Å². The Bertz CT molecular complexity index is 567. The molecule has 2 aliphatic rings. The highest BCUT2D eigenvalue weighted by Crippen LogP contribution is 2.27. The molecule has 3 amide bonds. The molecule has 0 bridgehead atoms. The van der Waals surface area contributed by atoms with Gasteiger partial charge in [0, 0.05) is 0 Å². The highest BCUT2D eigenvalue weighted by atomic mass is 16.2. The normalized spacial score (nSPS) is 32.2. The molecule has 22 heavy (non-hydrogen) atoms. The topological polar surface area (TPSA) is 53.9 Å². The second kappa shape index (κ2) is 5.72. The molecule has 0 radical (unpaired) electrons. The highest BCUT2D eigenvalue weighted by molar-refractivity contribution is 6.07. The van der Waals surface area contributed by atoms with Crippen LogP contribution < -0.4 is 10.2 Å². The highest BCUT2D eigenvalue weighted by Gasteiger charge is 2.50. The molecule has 3 rings (SSSR count). The van der Waals surface area contributed by atoms with Crippen LogP contribution in [0.15, 0.2) is 30.3 Å². The van der Waals surface area contributed by atoms with E-state index >= 15 is 0 Å². The number of piperidine rings is 1. The minimum absolute atomic E-state index is 0.144. The van der Waals surface area contributed by atoms with Gasteiger partial charge in [-0.05, 0) is 31.2 Å². The van der Waals surface area contributed by atoms with Crippen molar-refractivity contribution in [3.63, 3.8) is 0 Å². The van der Waals surface area contributed by atoms with E-state index in [2.05, 4.69) is 12.2 Å². The number of imide groups is 1. The summed E-state index contributed by atoms with van der Waals surface area (Å²) in [5, 5.41) is 2.87. The van der Waals surface area contributed by atoms with Crippen LogP contribution in [0.1, 0.15) is 32.3 Å². The Morgan fingerprint density at radius 1 is 1.23 bits per heavy atom. The van der Waals surface area contributed by atoms with Gasteiger partial charge in [-0.25, -0.2) is 9.69 Å². The van der Waals surface area contributed by atoms with Crippen LogP contribution in [0.5, 0.6) is 0 Å². The number of carbonyl (C=O) groups excluding carboxylic acids is 2. The summed E-state index contributed by atoms with van der Waals surface area (Å²) in [5.74, 6) is 0.608. The average molecular weight is 302 g/mol. The van der Waals surface area contributed by atoms with Crippen LogP contribution in [-0.4, -0.2) is 36.6 Å². The number of nitrogens with one attached hydrogen (secondary N) is 2. The molecule has 2 heterocycles. The molecule has 1 atom stereocenters. The van der Waals surface area contributed by atoms with Gasteiger partial charge in [-0.3, -0.25) is 4.79 Å². The molecule has 2 N–H and O–H groups in total. The van der Waals surface area contributed by atoms with Crippen LogP contribution in [0.4, 0.5) is 4.79 Å². The quantitative estimate of drug-likeness (QED) is 0.809. The number of urea groups is 1. The first-order valence-electron chi connectivity index (χ1n) is 8.04. The van der Waals surface area contributed by atoms with E-state index in [0.717, 1.165) is 37.4 Å². The average Bonchev–Trinajstić information content (AvgIpc) is 2.75. The van der Waals surface area contributed by atoms with Gasteiger partial charge in [0.2, 0.25) is 0 Å². The number of carbonyl (C=O) groups is 2. The maximum atomic E-state index is 12.8. The maximum absolute atomic E-state index is 12.8. The molecule has 118 valence electrons. The zero-order valence-corrected chi connectivity index (χ0v) is 13.3. The Balaban J connectivity index is 1.74. The molecule has 0 saturated carbocycles. The standard InChI is InChI=1S/C17H23N3O2/c1-13-8-10-19(11-9-13)12-20-15(21)17(2,18-16(20)22)14-6-4-3-5-7-14/h3-7,13H,8-12H2,1-2H3,(H,18,22)/p+1/t17-/m1/s1. The van der Waals surface area contributed by atoms with Gasteiger partial charge in [0.1, 0.15) is 5.54 Å². The van der Waals surface area contributed by atoms with Crippen molar-refractivity contribution in [1.82, 2.24) is 10.2 Å². The Morgan fingerprint density at radius 3 is 2.50 bits per heavy atom. The van der Waals surface area contributed by atoms with Crippen molar-refractivity contribution in [2.45, 2.75) is 32.2 Å². The monoisotopic (exact) mass is 302 g/mol. The fourth-order valence-corrected chi connectivity index (χ4v) is 3.36. The SMILES string of the molecule is CC1CC[NH+](CN2C(=O)N[C@](C)(c3ccccc3)C2=O)CC1. The maximum Gasteiger partial charge on any atom is 0.329 e. The zero-order chi connectivity index (χ0) is 15.7. The van der Waals surface area contributed by atoms with E-state index < -0.39 is 5.54 Å². The summed E-state index contributed by atoms with van der Waals surface area (Å²) in [6.07, 6.45) is 2.32. The van der Waals surface area contributed by atoms with Gasteiger partial charge in [-0.15, -0.1) is 0 Å². The van der Waals surface area contributed by atoms with E-state index in [1.807, 2.05) is 30.3 Å². The van der Waals surface area contributed by atoms with Crippen LogP contribution in [-0.2, 0) is 10.3 Å². The molecule has 0 aliphatic carbocycles. The van der Waals surface area contributed by atoms with Gasteiger partial charge in [0.05, 0.1) is 13.1 Å². The van der Waals surface area contributed by atoms with E-state index in [4.69, 9.17) is 0 Å². The van der Waals surface area contributed by atoms with Crippen molar-refractivity contribution in [3.05, 3.63) is 35.9 Å². The molecule has 0 unspecified atom stereocenters. The number of benzene rings is 1. The third-order valence-corrected chi connectivity index (χ3v) is 4.99. The number of rotatable bonds is 3. The third-order valence-electron chi connectivity index (χ3n) is 4.99. The predicted octanol–water partition coefficient (Wildman–Crippen LogP) is 0.726. The zero-order valence-electron chi connectivity index (χ0n) is 13.3. The lowest BCUT2D eigenvalue weighted by molar-refractivity contribution is -0.913. The van der Waals surface area contributed by atoms with Crippen molar-refractivity contribution in [1.29, 1.82) is 0 Å². The van der Waals surface area contributed by atoms with Gasteiger partial charge in [0.15, 0.2) is 6.67 Å². The minimum atomic E-state index is -0.944. The van der Waals surface area contributed by atoms with Gasteiger partial charge in [-0.2, -0.15) is 0 Å². The number of hydrogen-bond acceptors (Lipinski definition) is 2. The minimum Gasteiger partial charge on any atom is -0.319 e. The van der Waals surface area contributed by atoms with Crippen molar-refractivity contribution < 1.29 is 14.5 Å². The van der Waals surface area contributed by atoms with Gasteiger partial charge in [0.25, 0.3) is 5.91 Å². The second-order valence-electron chi connectivity index (χ2n) is 6.74. The summed E-state index contributed by atoms with van der Waals surface area (Å²) in [4.78, 5) is 27.8. The first-order chi connectivity index (χ1) is 10.5. The van der Waals surface area contributed by atoms with Crippen molar-refractivity contribution in [2.24, 2.45) is 5.92 Å². The van der Waals surface area contributed by atoms with Crippen LogP contribution in [0, 0.1) is 5.92 Å². The molecule has 1 aromatic rings. The third kappa shape index (κ3) is 2.61. The van der Waals surface area contributed by atoms with E-state index in [0.29, 0.717) is 6.67 Å². The number of amides is 3.